The quantitative estimate of drug-likeness (QED) is 0.893. The highest BCUT2D eigenvalue weighted by molar-refractivity contribution is 5.97. The van der Waals surface area contributed by atoms with Crippen LogP contribution in [-0.4, -0.2) is 12.0 Å². The standard InChI is InChI=1S/C17H22N2O2/c1-3-13(2)21-15-8-6-7-14(11-15)19-16(20)17(12-18)9-4-5-10-17/h6-8,11,13H,3-5,9-10H2,1-2H3,(H,19,20). The highest BCUT2D eigenvalue weighted by Crippen LogP contribution is 2.38. The topological polar surface area (TPSA) is 62.1 Å². The zero-order chi connectivity index (χ0) is 15.3. The van der Waals surface area contributed by atoms with E-state index in [1.807, 2.05) is 31.2 Å². The third-order valence-corrected chi connectivity index (χ3v) is 4.11. The number of carbonyl (C=O) groups is 1. The molecule has 21 heavy (non-hydrogen) atoms. The Kier molecular flexibility index (Phi) is 4.85. The predicted molar refractivity (Wildman–Crippen MR) is 82.0 cm³/mol. The fraction of sp³-hybridized carbons (Fsp3) is 0.529. The molecule has 112 valence electrons. The van der Waals surface area contributed by atoms with E-state index in [1.165, 1.54) is 0 Å². The van der Waals surface area contributed by atoms with Crippen LogP contribution in [0.1, 0.15) is 46.0 Å². The van der Waals surface area contributed by atoms with E-state index >= 15 is 0 Å². The molecule has 0 aromatic heterocycles. The minimum atomic E-state index is -0.854. The Labute approximate surface area is 126 Å². The summed E-state index contributed by atoms with van der Waals surface area (Å²) in [6, 6.07) is 9.56. The first-order chi connectivity index (χ1) is 10.1. The van der Waals surface area contributed by atoms with Crippen molar-refractivity contribution in [2.75, 3.05) is 5.32 Å². The van der Waals surface area contributed by atoms with Gasteiger partial charge < -0.3 is 10.1 Å². The maximum Gasteiger partial charge on any atom is 0.244 e. The van der Waals surface area contributed by atoms with Gasteiger partial charge in [0.1, 0.15) is 11.2 Å². The number of nitrogens with zero attached hydrogens (tertiary/aromatic N) is 1. The summed E-state index contributed by atoms with van der Waals surface area (Å²) < 4.78 is 5.75. The van der Waals surface area contributed by atoms with E-state index in [0.717, 1.165) is 25.0 Å². The lowest BCUT2D eigenvalue weighted by atomic mass is 9.87. The van der Waals surface area contributed by atoms with Gasteiger partial charge in [0.25, 0.3) is 0 Å². The smallest absolute Gasteiger partial charge is 0.244 e. The van der Waals surface area contributed by atoms with Crippen LogP contribution in [0.4, 0.5) is 5.69 Å². The number of rotatable bonds is 5. The third-order valence-electron chi connectivity index (χ3n) is 4.11. The number of carbonyl (C=O) groups excluding carboxylic acids is 1. The number of benzene rings is 1. The van der Waals surface area contributed by atoms with Crippen molar-refractivity contribution in [3.8, 4) is 11.8 Å². The van der Waals surface area contributed by atoms with Crippen molar-refractivity contribution >= 4 is 11.6 Å². The molecule has 4 nitrogen and oxygen atoms in total. The molecule has 1 N–H and O–H groups in total. The summed E-state index contributed by atoms with van der Waals surface area (Å²) in [4.78, 5) is 12.4. The Bertz CT molecular complexity index is 542. The van der Waals surface area contributed by atoms with Crippen LogP contribution in [0.2, 0.25) is 0 Å². The second-order valence-corrected chi connectivity index (χ2v) is 5.72. The minimum Gasteiger partial charge on any atom is -0.491 e. The molecule has 1 aliphatic rings. The van der Waals surface area contributed by atoms with Crippen molar-refractivity contribution in [3.63, 3.8) is 0 Å². The van der Waals surface area contributed by atoms with Gasteiger partial charge in [0.2, 0.25) is 5.91 Å². The molecule has 1 atom stereocenters. The van der Waals surface area contributed by atoms with E-state index < -0.39 is 5.41 Å². The molecule has 0 heterocycles. The molecule has 2 rings (SSSR count). The van der Waals surface area contributed by atoms with Crippen LogP contribution < -0.4 is 10.1 Å². The molecule has 1 amide bonds. The second kappa shape index (κ2) is 6.62. The van der Waals surface area contributed by atoms with Crippen LogP contribution in [-0.2, 0) is 4.79 Å². The van der Waals surface area contributed by atoms with Crippen LogP contribution in [0.15, 0.2) is 24.3 Å². The lowest BCUT2D eigenvalue weighted by molar-refractivity contribution is -0.122. The van der Waals surface area contributed by atoms with Gasteiger partial charge in [-0.05, 0) is 38.3 Å². The number of hydrogen-bond donors (Lipinski definition) is 1. The Morgan fingerprint density at radius 1 is 1.48 bits per heavy atom. The van der Waals surface area contributed by atoms with Crippen molar-refractivity contribution in [2.24, 2.45) is 5.41 Å². The number of nitrogens with one attached hydrogen (secondary N) is 1. The first-order valence-corrected chi connectivity index (χ1v) is 7.59. The van der Waals surface area contributed by atoms with E-state index in [2.05, 4.69) is 18.3 Å². The van der Waals surface area contributed by atoms with Gasteiger partial charge in [-0.2, -0.15) is 5.26 Å². The second-order valence-electron chi connectivity index (χ2n) is 5.72. The molecule has 1 aromatic rings. The van der Waals surface area contributed by atoms with Crippen LogP contribution in [0.3, 0.4) is 0 Å². The Hall–Kier alpha value is -2.02. The molecular weight excluding hydrogens is 264 g/mol. The van der Waals surface area contributed by atoms with Crippen LogP contribution in [0.5, 0.6) is 5.75 Å². The fourth-order valence-corrected chi connectivity index (χ4v) is 2.58. The Morgan fingerprint density at radius 3 is 2.81 bits per heavy atom. The fourth-order valence-electron chi connectivity index (χ4n) is 2.58. The van der Waals surface area contributed by atoms with E-state index in [1.54, 1.807) is 0 Å². The zero-order valence-corrected chi connectivity index (χ0v) is 12.7. The SMILES string of the molecule is CCC(C)Oc1cccc(NC(=O)C2(C#N)CCCC2)c1. The van der Waals surface area contributed by atoms with Crippen LogP contribution in [0.25, 0.3) is 0 Å². The van der Waals surface area contributed by atoms with Crippen molar-refractivity contribution in [1.29, 1.82) is 5.26 Å². The molecule has 1 aromatic carbocycles. The molecule has 0 radical (unpaired) electrons. The third kappa shape index (κ3) is 3.55. The number of hydrogen-bond acceptors (Lipinski definition) is 3. The summed E-state index contributed by atoms with van der Waals surface area (Å²) >= 11 is 0. The van der Waals surface area contributed by atoms with Crippen LogP contribution >= 0.6 is 0 Å². The molecule has 0 aliphatic heterocycles. The summed E-state index contributed by atoms with van der Waals surface area (Å²) in [6.07, 6.45) is 4.25. The monoisotopic (exact) mass is 286 g/mol. The van der Waals surface area contributed by atoms with Crippen molar-refractivity contribution < 1.29 is 9.53 Å². The highest BCUT2D eigenvalue weighted by atomic mass is 16.5. The molecule has 0 spiro atoms. The number of anilines is 1. The predicted octanol–water partition coefficient (Wildman–Crippen LogP) is 3.89. The first kappa shape index (κ1) is 15.4. The first-order valence-electron chi connectivity index (χ1n) is 7.59. The van der Waals surface area contributed by atoms with Crippen molar-refractivity contribution in [1.82, 2.24) is 0 Å². The van der Waals surface area contributed by atoms with E-state index in [9.17, 15) is 10.1 Å². The molecule has 1 fully saturated rings. The number of ether oxygens (including phenoxy) is 1. The van der Waals surface area contributed by atoms with Crippen molar-refractivity contribution in [2.45, 2.75) is 52.1 Å². The van der Waals surface area contributed by atoms with Gasteiger partial charge in [-0.1, -0.05) is 25.8 Å². The largest absolute Gasteiger partial charge is 0.491 e. The summed E-state index contributed by atoms with van der Waals surface area (Å²) in [5.74, 6) is 0.544. The van der Waals surface area contributed by atoms with Gasteiger partial charge in [-0.15, -0.1) is 0 Å². The van der Waals surface area contributed by atoms with Crippen LogP contribution in [0, 0.1) is 16.7 Å². The maximum atomic E-state index is 12.4. The molecule has 4 heteroatoms. The van der Waals surface area contributed by atoms with Gasteiger partial charge in [0, 0.05) is 11.8 Å². The summed E-state index contributed by atoms with van der Waals surface area (Å²) in [5, 5.41) is 12.2. The highest BCUT2D eigenvalue weighted by Gasteiger charge is 2.41. The van der Waals surface area contributed by atoms with Gasteiger partial charge >= 0.3 is 0 Å². The summed E-state index contributed by atoms with van der Waals surface area (Å²) in [6.45, 7) is 4.07. The number of amides is 1. The van der Waals surface area contributed by atoms with E-state index in [0.29, 0.717) is 18.5 Å². The average molecular weight is 286 g/mol. The van der Waals surface area contributed by atoms with Gasteiger partial charge in [0.15, 0.2) is 0 Å². The number of nitriles is 1. The minimum absolute atomic E-state index is 0.135. The van der Waals surface area contributed by atoms with E-state index in [-0.39, 0.29) is 12.0 Å². The maximum absolute atomic E-state index is 12.4. The van der Waals surface area contributed by atoms with Crippen molar-refractivity contribution in [3.05, 3.63) is 24.3 Å². The van der Waals surface area contributed by atoms with Gasteiger partial charge in [0.05, 0.1) is 12.2 Å². The Balaban J connectivity index is 2.07. The molecule has 0 saturated heterocycles. The zero-order valence-electron chi connectivity index (χ0n) is 12.7. The molecule has 1 saturated carbocycles. The average Bonchev–Trinajstić information content (AvgIpc) is 2.97. The normalized spacial score (nSPS) is 17.8. The molecule has 0 bridgehead atoms. The lowest BCUT2D eigenvalue weighted by Crippen LogP contribution is -2.32. The van der Waals surface area contributed by atoms with Gasteiger partial charge in [-0.3, -0.25) is 4.79 Å². The molecule has 1 aliphatic carbocycles. The summed E-state index contributed by atoms with van der Waals surface area (Å²) in [5.41, 5.74) is -0.171. The summed E-state index contributed by atoms with van der Waals surface area (Å²) in [7, 11) is 0. The lowest BCUT2D eigenvalue weighted by Gasteiger charge is -2.20. The molecule has 1 unspecified atom stereocenters. The van der Waals surface area contributed by atoms with E-state index in [4.69, 9.17) is 4.74 Å². The van der Waals surface area contributed by atoms with Gasteiger partial charge in [-0.25, -0.2) is 0 Å². The Morgan fingerprint density at radius 2 is 2.19 bits per heavy atom. The molecular formula is C17H22N2O2.